The molecule has 1 N–H and O–H groups in total. The van der Waals surface area contributed by atoms with Gasteiger partial charge in [0, 0.05) is 35.2 Å². The number of carbonyl (C=O) groups is 4. The number of amides is 2. The molecule has 3 rings (SSSR count). The summed E-state index contributed by atoms with van der Waals surface area (Å²) in [4.78, 5) is 63.7. The number of hydroxylamine groups is 2. The van der Waals surface area contributed by atoms with Crippen LogP contribution in [-0.2, 0) is 23.9 Å². The summed E-state index contributed by atoms with van der Waals surface area (Å²) in [7, 11) is 0. The maximum atomic E-state index is 13.7. The molecule has 1 saturated heterocycles. The lowest BCUT2D eigenvalue weighted by atomic mass is 10.1. The van der Waals surface area contributed by atoms with E-state index in [1.807, 2.05) is 36.4 Å². The van der Waals surface area contributed by atoms with Crippen LogP contribution in [-0.4, -0.2) is 88.6 Å². The van der Waals surface area contributed by atoms with Crippen LogP contribution in [0.3, 0.4) is 0 Å². The number of esters is 1. The van der Waals surface area contributed by atoms with Crippen molar-refractivity contribution in [2.45, 2.75) is 76.2 Å². The first-order valence-corrected chi connectivity index (χ1v) is 15.4. The molecule has 43 heavy (non-hydrogen) atoms. The molecule has 2 amide bonds. The van der Waals surface area contributed by atoms with Gasteiger partial charge in [-0.1, -0.05) is 44.2 Å². The topological polar surface area (TPSA) is 127 Å². The molecule has 2 heterocycles. The van der Waals surface area contributed by atoms with E-state index in [2.05, 4.69) is 24.1 Å². The van der Waals surface area contributed by atoms with Crippen LogP contribution in [0.15, 0.2) is 47.4 Å². The highest BCUT2D eigenvalue weighted by atomic mass is 32.2. The van der Waals surface area contributed by atoms with Crippen molar-refractivity contribution in [1.82, 2.24) is 20.3 Å². The van der Waals surface area contributed by atoms with Crippen molar-refractivity contribution < 1.29 is 33.5 Å². The van der Waals surface area contributed by atoms with E-state index in [0.717, 1.165) is 10.5 Å². The van der Waals surface area contributed by atoms with Gasteiger partial charge in [-0.2, -0.15) is 0 Å². The van der Waals surface area contributed by atoms with Crippen LogP contribution >= 0.6 is 11.8 Å². The van der Waals surface area contributed by atoms with Crippen LogP contribution in [0.25, 0.3) is 11.3 Å². The standard InChI is InChI=1S/C31H42N4O7S/c1-7-40-30(39)42-35-17-15-34(16-18-35)29(38)24(13-14-27(36)41-31(4,5)6)33-28(37)26-20-23(43-21(2)3)19-25(32-26)22-11-9-8-10-12-22/h8-12,19-21,24H,7,13-18H2,1-6H3,(H,33,37)/t24-/m0/s1. The molecule has 0 saturated carbocycles. The third-order valence-electron chi connectivity index (χ3n) is 6.15. The molecular weight excluding hydrogens is 572 g/mol. The van der Waals surface area contributed by atoms with E-state index < -0.39 is 29.7 Å². The quantitative estimate of drug-likeness (QED) is 0.281. The lowest BCUT2D eigenvalue weighted by Gasteiger charge is -2.35. The predicted molar refractivity (Wildman–Crippen MR) is 163 cm³/mol. The van der Waals surface area contributed by atoms with Gasteiger partial charge in [0.15, 0.2) is 0 Å². The van der Waals surface area contributed by atoms with Crippen molar-refractivity contribution in [1.29, 1.82) is 0 Å². The summed E-state index contributed by atoms with van der Waals surface area (Å²) in [6.07, 6.45) is -0.818. The predicted octanol–water partition coefficient (Wildman–Crippen LogP) is 4.70. The molecule has 234 valence electrons. The highest BCUT2D eigenvalue weighted by molar-refractivity contribution is 7.99. The number of benzene rings is 1. The van der Waals surface area contributed by atoms with E-state index in [0.29, 0.717) is 5.69 Å². The normalized spacial score (nSPS) is 14.6. The van der Waals surface area contributed by atoms with E-state index in [-0.39, 0.29) is 62.5 Å². The second-order valence-corrected chi connectivity index (χ2v) is 12.9. The maximum Gasteiger partial charge on any atom is 0.527 e. The molecule has 0 radical (unpaired) electrons. The first kappa shape index (κ1) is 33.9. The number of hydrogen-bond acceptors (Lipinski definition) is 10. The number of carbonyl (C=O) groups excluding carboxylic acids is 4. The van der Waals surface area contributed by atoms with Gasteiger partial charge in [0.2, 0.25) is 5.91 Å². The molecule has 0 aliphatic carbocycles. The summed E-state index contributed by atoms with van der Waals surface area (Å²) in [5.74, 6) is -1.33. The zero-order chi connectivity index (χ0) is 31.6. The molecule has 1 aromatic heterocycles. The van der Waals surface area contributed by atoms with Crippen molar-refractivity contribution in [3.63, 3.8) is 0 Å². The Balaban J connectivity index is 1.80. The summed E-state index contributed by atoms with van der Waals surface area (Å²) in [6, 6.07) is 12.2. The Bertz CT molecular complexity index is 1260. The lowest BCUT2D eigenvalue weighted by molar-refractivity contribution is -0.158. The number of nitrogens with zero attached hydrogens (tertiary/aromatic N) is 3. The Morgan fingerprint density at radius 1 is 1.02 bits per heavy atom. The van der Waals surface area contributed by atoms with Crippen molar-refractivity contribution in [3.05, 3.63) is 48.2 Å². The number of nitrogens with one attached hydrogen (secondary N) is 1. The van der Waals surface area contributed by atoms with E-state index in [1.165, 1.54) is 5.06 Å². The highest BCUT2D eigenvalue weighted by Crippen LogP contribution is 2.28. The molecule has 1 atom stereocenters. The highest BCUT2D eigenvalue weighted by Gasteiger charge is 2.31. The fourth-order valence-electron chi connectivity index (χ4n) is 4.33. The van der Waals surface area contributed by atoms with Crippen molar-refractivity contribution in [3.8, 4) is 11.3 Å². The summed E-state index contributed by atoms with van der Waals surface area (Å²) < 4.78 is 10.2. The van der Waals surface area contributed by atoms with Gasteiger partial charge in [0.25, 0.3) is 5.91 Å². The van der Waals surface area contributed by atoms with Crippen LogP contribution < -0.4 is 5.32 Å². The van der Waals surface area contributed by atoms with Gasteiger partial charge in [-0.15, -0.1) is 16.8 Å². The summed E-state index contributed by atoms with van der Waals surface area (Å²) in [6.45, 7) is 12.4. The van der Waals surface area contributed by atoms with Gasteiger partial charge in [-0.05, 0) is 46.2 Å². The van der Waals surface area contributed by atoms with Crippen molar-refractivity contribution in [2.24, 2.45) is 0 Å². The van der Waals surface area contributed by atoms with Crippen LogP contribution in [0, 0.1) is 0 Å². The molecule has 11 nitrogen and oxygen atoms in total. The minimum atomic E-state index is -0.999. The largest absolute Gasteiger partial charge is 0.527 e. The molecule has 0 spiro atoms. The van der Waals surface area contributed by atoms with Gasteiger partial charge in [0.1, 0.15) is 17.3 Å². The average molecular weight is 615 g/mol. The number of thioether (sulfide) groups is 1. The van der Waals surface area contributed by atoms with Crippen LogP contribution in [0.2, 0.25) is 0 Å². The number of ether oxygens (including phenoxy) is 2. The molecular formula is C31H42N4O7S. The Kier molecular flexibility index (Phi) is 12.4. The smallest absolute Gasteiger partial charge is 0.460 e. The van der Waals surface area contributed by atoms with Gasteiger partial charge in [0.05, 0.1) is 25.4 Å². The van der Waals surface area contributed by atoms with Gasteiger partial charge < -0.3 is 24.5 Å². The number of aromatic nitrogens is 1. The molecule has 0 bridgehead atoms. The molecule has 1 aromatic carbocycles. The average Bonchev–Trinajstić information content (AvgIpc) is 2.94. The molecule has 1 aliphatic rings. The summed E-state index contributed by atoms with van der Waals surface area (Å²) in [5.41, 5.74) is 1.00. The van der Waals surface area contributed by atoms with Crippen LogP contribution in [0.1, 0.15) is 64.9 Å². The minimum Gasteiger partial charge on any atom is -0.460 e. The zero-order valence-electron chi connectivity index (χ0n) is 25.8. The second-order valence-electron chi connectivity index (χ2n) is 11.3. The molecule has 2 aromatic rings. The summed E-state index contributed by atoms with van der Waals surface area (Å²) in [5, 5.41) is 4.55. The number of piperazine rings is 1. The van der Waals surface area contributed by atoms with Gasteiger partial charge in [-0.3, -0.25) is 14.4 Å². The third-order valence-corrected chi connectivity index (χ3v) is 7.13. The Morgan fingerprint density at radius 2 is 1.70 bits per heavy atom. The molecule has 12 heteroatoms. The number of hydrogen-bond donors (Lipinski definition) is 1. The monoisotopic (exact) mass is 614 g/mol. The maximum absolute atomic E-state index is 13.7. The first-order chi connectivity index (χ1) is 20.3. The molecule has 1 fully saturated rings. The van der Waals surface area contributed by atoms with Crippen molar-refractivity contribution in [2.75, 3.05) is 32.8 Å². The van der Waals surface area contributed by atoms with E-state index >= 15 is 0 Å². The van der Waals surface area contributed by atoms with E-state index in [9.17, 15) is 19.2 Å². The van der Waals surface area contributed by atoms with Crippen molar-refractivity contribution >= 4 is 35.7 Å². The third kappa shape index (κ3) is 11.2. The number of pyridine rings is 1. The fourth-order valence-corrected chi connectivity index (χ4v) is 5.24. The Morgan fingerprint density at radius 3 is 2.30 bits per heavy atom. The van der Waals surface area contributed by atoms with Crippen LogP contribution in [0.4, 0.5) is 4.79 Å². The zero-order valence-corrected chi connectivity index (χ0v) is 26.6. The minimum absolute atomic E-state index is 0.0466. The Labute approximate surface area is 257 Å². The first-order valence-electron chi connectivity index (χ1n) is 14.5. The van der Waals surface area contributed by atoms with Gasteiger partial charge >= 0.3 is 12.1 Å². The van der Waals surface area contributed by atoms with E-state index in [4.69, 9.17) is 14.3 Å². The number of rotatable bonds is 11. The molecule has 1 aliphatic heterocycles. The van der Waals surface area contributed by atoms with Crippen LogP contribution in [0.5, 0.6) is 0 Å². The lowest BCUT2D eigenvalue weighted by Crippen LogP contribution is -2.55. The van der Waals surface area contributed by atoms with Gasteiger partial charge in [-0.25, -0.2) is 9.78 Å². The summed E-state index contributed by atoms with van der Waals surface area (Å²) >= 11 is 1.61. The molecule has 0 unspecified atom stereocenters. The fraction of sp³-hybridized carbons (Fsp3) is 0.516. The Hall–Kier alpha value is -3.64. The second kappa shape index (κ2) is 15.7. The van der Waals surface area contributed by atoms with E-state index in [1.54, 1.807) is 50.4 Å². The SMILES string of the molecule is CCOC(=O)ON1CCN(C(=O)[C@H](CCC(=O)OC(C)(C)C)NC(=O)c2cc(SC(C)C)cc(-c3ccccc3)n2)CC1.